The second-order valence-corrected chi connectivity index (χ2v) is 7.02. The van der Waals surface area contributed by atoms with E-state index < -0.39 is 9.84 Å². The second-order valence-electron chi connectivity index (χ2n) is 4.25. The van der Waals surface area contributed by atoms with Gasteiger partial charge < -0.3 is 5.73 Å². The molecular formula is C10H20N2O2S2. The summed E-state index contributed by atoms with van der Waals surface area (Å²) in [4.78, 5) is 2.58. The Morgan fingerprint density at radius 2 is 2.19 bits per heavy atom. The normalized spacial score (nSPS) is 22.4. The number of likely N-dealkylation sites (tertiary alicyclic amines) is 1. The molecule has 6 heteroatoms. The van der Waals surface area contributed by atoms with Crippen LogP contribution in [0.4, 0.5) is 0 Å². The average molecular weight is 264 g/mol. The average Bonchev–Trinajstić information content (AvgIpc) is 2.62. The minimum absolute atomic E-state index is 0.104. The predicted molar refractivity (Wildman–Crippen MR) is 70.3 cm³/mol. The molecule has 0 aromatic rings. The summed E-state index contributed by atoms with van der Waals surface area (Å²) in [7, 11) is -2.89. The van der Waals surface area contributed by atoms with Crippen molar-refractivity contribution in [2.75, 3.05) is 24.6 Å². The van der Waals surface area contributed by atoms with Crippen molar-refractivity contribution < 1.29 is 8.42 Å². The monoisotopic (exact) mass is 264 g/mol. The molecule has 1 aliphatic heterocycles. The summed E-state index contributed by atoms with van der Waals surface area (Å²) >= 11 is 4.98. The molecule has 0 saturated carbocycles. The quantitative estimate of drug-likeness (QED) is 0.710. The summed E-state index contributed by atoms with van der Waals surface area (Å²) in [6.45, 7) is 3.35. The van der Waals surface area contributed by atoms with Crippen molar-refractivity contribution in [1.82, 2.24) is 4.90 Å². The van der Waals surface area contributed by atoms with Crippen molar-refractivity contribution in [2.24, 2.45) is 5.73 Å². The summed E-state index contributed by atoms with van der Waals surface area (Å²) in [5, 5.41) is 0. The molecule has 0 radical (unpaired) electrons. The molecular weight excluding hydrogens is 244 g/mol. The van der Waals surface area contributed by atoms with Crippen molar-refractivity contribution >= 4 is 27.0 Å². The van der Waals surface area contributed by atoms with Crippen molar-refractivity contribution in [3.8, 4) is 0 Å². The predicted octanol–water partition coefficient (Wildman–Crippen LogP) is 0.562. The van der Waals surface area contributed by atoms with E-state index in [1.165, 1.54) is 0 Å². The van der Waals surface area contributed by atoms with Gasteiger partial charge in [-0.2, -0.15) is 0 Å². The number of thiocarbonyl (C=S) groups is 1. The summed E-state index contributed by atoms with van der Waals surface area (Å²) in [5.74, 6) is 0.499. The Morgan fingerprint density at radius 1 is 1.50 bits per heavy atom. The van der Waals surface area contributed by atoms with Crippen LogP contribution in [0.2, 0.25) is 0 Å². The summed E-state index contributed by atoms with van der Waals surface area (Å²) in [6.07, 6.45) is 2.69. The van der Waals surface area contributed by atoms with E-state index in [-0.39, 0.29) is 17.5 Å². The van der Waals surface area contributed by atoms with Gasteiger partial charge in [-0.05, 0) is 25.8 Å². The third-order valence-corrected chi connectivity index (χ3v) is 5.00. The van der Waals surface area contributed by atoms with Gasteiger partial charge in [0.25, 0.3) is 0 Å². The van der Waals surface area contributed by atoms with E-state index in [1.807, 2.05) is 6.92 Å². The molecule has 1 atom stereocenters. The zero-order chi connectivity index (χ0) is 12.2. The van der Waals surface area contributed by atoms with Gasteiger partial charge in [0, 0.05) is 12.3 Å². The zero-order valence-corrected chi connectivity index (χ0v) is 11.3. The lowest BCUT2D eigenvalue weighted by atomic mass is 10.2. The number of nitrogens with zero attached hydrogens (tertiary/aromatic N) is 1. The molecule has 94 valence electrons. The molecule has 1 rings (SSSR count). The summed E-state index contributed by atoms with van der Waals surface area (Å²) in [6, 6.07) is 0.104. The number of nitrogens with two attached hydrogens (primary N) is 1. The third-order valence-electron chi connectivity index (χ3n) is 2.90. The second kappa shape index (κ2) is 5.93. The van der Waals surface area contributed by atoms with Gasteiger partial charge >= 0.3 is 0 Å². The van der Waals surface area contributed by atoms with Crippen LogP contribution in [0.3, 0.4) is 0 Å². The highest BCUT2D eigenvalue weighted by Gasteiger charge is 2.27. The fourth-order valence-electron chi connectivity index (χ4n) is 2.09. The first kappa shape index (κ1) is 13.9. The van der Waals surface area contributed by atoms with Crippen molar-refractivity contribution in [3.63, 3.8) is 0 Å². The first-order valence-electron chi connectivity index (χ1n) is 5.70. The highest BCUT2D eigenvalue weighted by Crippen LogP contribution is 2.17. The highest BCUT2D eigenvalue weighted by atomic mass is 32.2. The number of rotatable bonds is 6. The molecule has 0 bridgehead atoms. The van der Waals surface area contributed by atoms with E-state index in [0.717, 1.165) is 19.4 Å². The number of hydrogen-bond acceptors (Lipinski definition) is 4. The van der Waals surface area contributed by atoms with Gasteiger partial charge in [-0.1, -0.05) is 19.1 Å². The lowest BCUT2D eigenvalue weighted by Crippen LogP contribution is -2.41. The van der Waals surface area contributed by atoms with Crippen molar-refractivity contribution in [2.45, 2.75) is 32.2 Å². The van der Waals surface area contributed by atoms with E-state index in [0.29, 0.717) is 18.0 Å². The minimum atomic E-state index is -2.89. The lowest BCUT2D eigenvalue weighted by Gasteiger charge is -2.23. The summed E-state index contributed by atoms with van der Waals surface area (Å²) < 4.78 is 23.1. The van der Waals surface area contributed by atoms with Crippen LogP contribution < -0.4 is 5.73 Å². The van der Waals surface area contributed by atoms with E-state index >= 15 is 0 Å². The van der Waals surface area contributed by atoms with Gasteiger partial charge in [0.2, 0.25) is 0 Å². The smallest absolute Gasteiger partial charge is 0.151 e. The van der Waals surface area contributed by atoms with Crippen LogP contribution in [0.25, 0.3) is 0 Å². The molecule has 0 amide bonds. The first-order chi connectivity index (χ1) is 7.46. The Balaban J connectivity index is 2.46. The summed E-state index contributed by atoms with van der Waals surface area (Å²) in [5.41, 5.74) is 5.63. The van der Waals surface area contributed by atoms with Gasteiger partial charge in [-0.15, -0.1) is 0 Å². The maximum atomic E-state index is 11.6. The van der Waals surface area contributed by atoms with Gasteiger partial charge in [-0.25, -0.2) is 8.42 Å². The van der Waals surface area contributed by atoms with Crippen LogP contribution in [-0.4, -0.2) is 48.9 Å². The van der Waals surface area contributed by atoms with Gasteiger partial charge in [0.1, 0.15) is 0 Å². The maximum absolute atomic E-state index is 11.6. The van der Waals surface area contributed by atoms with Gasteiger partial charge in [0.05, 0.1) is 16.8 Å². The molecule has 0 aromatic carbocycles. The molecule has 2 N–H and O–H groups in total. The number of sulfone groups is 1. The Bertz CT molecular complexity index is 341. The van der Waals surface area contributed by atoms with Crippen LogP contribution >= 0.6 is 12.2 Å². The Hall–Kier alpha value is -0.200. The van der Waals surface area contributed by atoms with Crippen molar-refractivity contribution in [3.05, 3.63) is 0 Å². The van der Waals surface area contributed by atoms with Crippen LogP contribution in [0.15, 0.2) is 0 Å². The van der Waals surface area contributed by atoms with Crippen LogP contribution in [0.1, 0.15) is 26.2 Å². The van der Waals surface area contributed by atoms with E-state index in [1.54, 1.807) is 0 Å². The van der Waals surface area contributed by atoms with Crippen LogP contribution in [0.5, 0.6) is 0 Å². The highest BCUT2D eigenvalue weighted by molar-refractivity contribution is 7.91. The topological polar surface area (TPSA) is 63.4 Å². The first-order valence-corrected chi connectivity index (χ1v) is 7.93. The number of hydrogen-bond donors (Lipinski definition) is 1. The van der Waals surface area contributed by atoms with E-state index in [4.69, 9.17) is 18.0 Å². The standard InChI is InChI=1S/C10H20N2O2S2/c1-2-7-16(13,14)8-6-12-5-3-4-9(12)10(11)15/h9H,2-8H2,1H3,(H2,11,15). The molecule has 1 heterocycles. The third kappa shape index (κ3) is 3.99. The molecule has 0 aromatic heterocycles. The Kier molecular flexibility index (Phi) is 5.14. The maximum Gasteiger partial charge on any atom is 0.151 e. The molecule has 1 saturated heterocycles. The Morgan fingerprint density at radius 3 is 2.75 bits per heavy atom. The van der Waals surface area contributed by atoms with Crippen molar-refractivity contribution in [1.29, 1.82) is 0 Å². The lowest BCUT2D eigenvalue weighted by molar-refractivity contribution is 0.321. The fraction of sp³-hybridized carbons (Fsp3) is 0.900. The zero-order valence-electron chi connectivity index (χ0n) is 9.68. The largest absolute Gasteiger partial charge is 0.392 e. The molecule has 1 aliphatic rings. The molecule has 1 unspecified atom stereocenters. The van der Waals surface area contributed by atoms with Gasteiger partial charge in [0.15, 0.2) is 9.84 Å². The minimum Gasteiger partial charge on any atom is -0.392 e. The molecule has 4 nitrogen and oxygen atoms in total. The molecule has 0 spiro atoms. The van der Waals surface area contributed by atoms with E-state index in [9.17, 15) is 8.42 Å². The molecule has 0 aliphatic carbocycles. The Labute approximate surface area is 103 Å². The molecule has 16 heavy (non-hydrogen) atoms. The van der Waals surface area contributed by atoms with Crippen LogP contribution in [-0.2, 0) is 9.84 Å². The van der Waals surface area contributed by atoms with Gasteiger partial charge in [-0.3, -0.25) is 4.90 Å². The van der Waals surface area contributed by atoms with Crippen LogP contribution in [0, 0.1) is 0 Å². The SMILES string of the molecule is CCCS(=O)(=O)CCN1CCCC1C(N)=S. The fourth-order valence-corrected chi connectivity index (χ4v) is 3.69. The van der Waals surface area contributed by atoms with E-state index in [2.05, 4.69) is 4.90 Å². The molecule has 1 fully saturated rings.